The zero-order valence-corrected chi connectivity index (χ0v) is 22.1. The molecule has 0 spiro atoms. The Morgan fingerprint density at radius 1 is 0.895 bits per heavy atom. The molecule has 2 aromatic carbocycles. The van der Waals surface area contributed by atoms with Crippen LogP contribution in [-0.2, 0) is 23.8 Å². The van der Waals surface area contributed by atoms with Gasteiger partial charge in [0.1, 0.15) is 24.9 Å². The molecule has 2 atom stereocenters. The highest BCUT2D eigenvalue weighted by molar-refractivity contribution is 5.89. The minimum absolute atomic E-state index is 0.0633. The molecule has 2 amide bonds. The number of carbonyl (C=O) groups excluding carboxylic acids is 3. The summed E-state index contributed by atoms with van der Waals surface area (Å²) >= 11 is 0. The summed E-state index contributed by atoms with van der Waals surface area (Å²) in [6.07, 6.45) is -1.87. The molecular weight excluding hydrogens is 492 g/mol. The number of carbonyl (C=O) groups is 4. The largest absolute Gasteiger partial charge is 0.508 e. The Bertz CT molecular complexity index is 1140. The summed E-state index contributed by atoms with van der Waals surface area (Å²) in [7, 11) is 0. The Morgan fingerprint density at radius 2 is 1.45 bits per heavy atom. The number of carboxylic acids is 1. The predicted molar refractivity (Wildman–Crippen MR) is 139 cm³/mol. The first-order valence-electron chi connectivity index (χ1n) is 12.4. The fourth-order valence-corrected chi connectivity index (χ4v) is 4.17. The van der Waals surface area contributed by atoms with E-state index in [9.17, 15) is 24.3 Å². The maximum absolute atomic E-state index is 12.9. The maximum atomic E-state index is 12.9. The van der Waals surface area contributed by atoms with Crippen molar-refractivity contribution in [2.75, 3.05) is 13.2 Å². The molecule has 0 radical (unpaired) electrons. The van der Waals surface area contributed by atoms with E-state index >= 15 is 0 Å². The van der Waals surface area contributed by atoms with Gasteiger partial charge in [-0.2, -0.15) is 0 Å². The van der Waals surface area contributed by atoms with Crippen molar-refractivity contribution in [3.05, 3.63) is 59.7 Å². The molecule has 2 aromatic rings. The minimum Gasteiger partial charge on any atom is -0.480 e. The molecule has 0 unspecified atom stereocenters. The lowest BCUT2D eigenvalue weighted by Crippen LogP contribution is -2.55. The van der Waals surface area contributed by atoms with Crippen molar-refractivity contribution in [1.29, 1.82) is 0 Å². The van der Waals surface area contributed by atoms with Gasteiger partial charge in [0.2, 0.25) is 5.91 Å². The SMILES string of the molecule is CC(C)[C@H](NC(=O)OCC1c2ccccc2-c2ccccc21)C(=O)N[C@H](COC(=O)OC(C)(C)C)C(=O)O. The van der Waals surface area contributed by atoms with Crippen LogP contribution >= 0.6 is 0 Å². The van der Waals surface area contributed by atoms with Gasteiger partial charge in [0.25, 0.3) is 0 Å². The topological polar surface area (TPSA) is 140 Å². The van der Waals surface area contributed by atoms with E-state index in [1.807, 2.05) is 48.5 Å². The summed E-state index contributed by atoms with van der Waals surface area (Å²) in [5, 5.41) is 14.3. The van der Waals surface area contributed by atoms with Crippen LogP contribution in [0.3, 0.4) is 0 Å². The number of aliphatic carboxylic acids is 1. The van der Waals surface area contributed by atoms with Gasteiger partial charge in [-0.05, 0) is 48.9 Å². The smallest absolute Gasteiger partial charge is 0.480 e. The number of amides is 2. The summed E-state index contributed by atoms with van der Waals surface area (Å²) in [5.41, 5.74) is 3.45. The number of ether oxygens (including phenoxy) is 3. The molecule has 10 heteroatoms. The molecular formula is C28H34N2O8. The number of fused-ring (bicyclic) bond motifs is 3. The normalized spacial score (nSPS) is 14.1. The van der Waals surface area contributed by atoms with Gasteiger partial charge in [0, 0.05) is 5.92 Å². The number of rotatable bonds is 9. The van der Waals surface area contributed by atoms with Crippen molar-refractivity contribution < 1.29 is 38.5 Å². The average Bonchev–Trinajstić information content (AvgIpc) is 3.16. The highest BCUT2D eigenvalue weighted by Crippen LogP contribution is 2.44. The summed E-state index contributed by atoms with van der Waals surface area (Å²) in [6, 6.07) is 13.2. The molecule has 0 aliphatic heterocycles. The average molecular weight is 527 g/mol. The van der Waals surface area contributed by atoms with Gasteiger partial charge in [-0.15, -0.1) is 0 Å². The molecule has 0 saturated carbocycles. The van der Waals surface area contributed by atoms with Gasteiger partial charge >= 0.3 is 18.2 Å². The van der Waals surface area contributed by atoms with E-state index in [0.29, 0.717) is 0 Å². The van der Waals surface area contributed by atoms with Crippen molar-refractivity contribution in [2.24, 2.45) is 5.92 Å². The first kappa shape index (κ1) is 28.5. The Balaban J connectivity index is 1.60. The fourth-order valence-electron chi connectivity index (χ4n) is 4.17. The Labute approximate surface area is 221 Å². The van der Waals surface area contributed by atoms with Crippen LogP contribution in [0.5, 0.6) is 0 Å². The standard InChI is InChI=1S/C28H34N2O8/c1-16(2)23(24(31)29-22(25(32)33)15-37-27(35)38-28(3,4)5)30-26(34)36-14-21-19-12-8-6-10-17(19)18-11-7-9-13-20(18)21/h6-13,16,21-23H,14-15H2,1-5H3,(H,29,31)(H,30,34)(H,32,33)/t22-,23+/m1/s1. The van der Waals surface area contributed by atoms with Gasteiger partial charge in [-0.25, -0.2) is 14.4 Å². The number of alkyl carbamates (subject to hydrolysis) is 1. The van der Waals surface area contributed by atoms with Crippen LogP contribution in [0.25, 0.3) is 11.1 Å². The molecule has 38 heavy (non-hydrogen) atoms. The van der Waals surface area contributed by atoms with Crippen molar-refractivity contribution in [1.82, 2.24) is 10.6 Å². The quantitative estimate of drug-likeness (QED) is 0.416. The predicted octanol–water partition coefficient (Wildman–Crippen LogP) is 4.07. The number of hydrogen-bond acceptors (Lipinski definition) is 7. The van der Waals surface area contributed by atoms with Crippen molar-refractivity contribution in [3.63, 3.8) is 0 Å². The first-order chi connectivity index (χ1) is 17.9. The van der Waals surface area contributed by atoms with E-state index < -0.39 is 54.3 Å². The summed E-state index contributed by atoms with van der Waals surface area (Å²) < 4.78 is 15.3. The summed E-state index contributed by atoms with van der Waals surface area (Å²) in [4.78, 5) is 49.0. The number of hydrogen-bond donors (Lipinski definition) is 3. The fraction of sp³-hybridized carbons (Fsp3) is 0.429. The van der Waals surface area contributed by atoms with Gasteiger partial charge in [0.05, 0.1) is 0 Å². The van der Waals surface area contributed by atoms with Crippen LogP contribution in [0, 0.1) is 5.92 Å². The zero-order valence-electron chi connectivity index (χ0n) is 22.1. The number of carboxylic acid groups (broad SMARTS) is 1. The van der Waals surface area contributed by atoms with E-state index in [1.165, 1.54) is 0 Å². The molecule has 0 heterocycles. The molecule has 0 bridgehead atoms. The van der Waals surface area contributed by atoms with Crippen molar-refractivity contribution >= 4 is 24.1 Å². The van der Waals surface area contributed by atoms with Crippen LogP contribution in [0.1, 0.15) is 51.7 Å². The van der Waals surface area contributed by atoms with E-state index in [0.717, 1.165) is 22.3 Å². The third kappa shape index (κ3) is 7.24. The molecule has 0 saturated heterocycles. The van der Waals surface area contributed by atoms with E-state index in [-0.39, 0.29) is 12.5 Å². The van der Waals surface area contributed by atoms with Crippen LogP contribution in [-0.4, -0.2) is 60.1 Å². The van der Waals surface area contributed by atoms with Crippen LogP contribution in [0.2, 0.25) is 0 Å². The van der Waals surface area contributed by atoms with Gasteiger partial charge < -0.3 is 30.0 Å². The molecule has 3 rings (SSSR count). The lowest BCUT2D eigenvalue weighted by atomic mass is 9.98. The maximum Gasteiger partial charge on any atom is 0.508 e. The Kier molecular flexibility index (Phi) is 8.98. The minimum atomic E-state index is -1.54. The van der Waals surface area contributed by atoms with Gasteiger partial charge in [-0.3, -0.25) is 4.79 Å². The van der Waals surface area contributed by atoms with E-state index in [2.05, 4.69) is 10.6 Å². The van der Waals surface area contributed by atoms with Crippen LogP contribution in [0.15, 0.2) is 48.5 Å². The molecule has 0 fully saturated rings. The summed E-state index contributed by atoms with van der Waals surface area (Å²) in [6.45, 7) is 7.70. The second-order valence-corrected chi connectivity index (χ2v) is 10.4. The first-order valence-corrected chi connectivity index (χ1v) is 12.4. The second kappa shape index (κ2) is 12.0. The molecule has 0 aromatic heterocycles. The zero-order chi connectivity index (χ0) is 28.0. The molecule has 3 N–H and O–H groups in total. The van der Waals surface area contributed by atoms with Crippen molar-refractivity contribution in [2.45, 2.75) is 58.2 Å². The lowest BCUT2D eigenvalue weighted by Gasteiger charge is -2.24. The third-order valence-corrected chi connectivity index (χ3v) is 5.94. The monoisotopic (exact) mass is 526 g/mol. The molecule has 10 nitrogen and oxygen atoms in total. The molecule has 204 valence electrons. The second-order valence-electron chi connectivity index (χ2n) is 10.4. The molecule has 1 aliphatic carbocycles. The van der Waals surface area contributed by atoms with Gasteiger partial charge in [-0.1, -0.05) is 62.4 Å². The highest BCUT2D eigenvalue weighted by Gasteiger charge is 2.32. The Morgan fingerprint density at radius 3 is 1.95 bits per heavy atom. The highest BCUT2D eigenvalue weighted by atomic mass is 16.7. The van der Waals surface area contributed by atoms with Crippen molar-refractivity contribution in [3.8, 4) is 11.1 Å². The Hall–Kier alpha value is -4.08. The van der Waals surface area contributed by atoms with Gasteiger partial charge in [0.15, 0.2) is 6.04 Å². The van der Waals surface area contributed by atoms with E-state index in [4.69, 9.17) is 14.2 Å². The number of nitrogens with one attached hydrogen (secondary N) is 2. The van der Waals surface area contributed by atoms with E-state index in [1.54, 1.807) is 34.6 Å². The number of benzene rings is 2. The molecule has 1 aliphatic rings. The third-order valence-electron chi connectivity index (χ3n) is 5.94. The van der Waals surface area contributed by atoms with Crippen LogP contribution < -0.4 is 10.6 Å². The lowest BCUT2D eigenvalue weighted by molar-refractivity contribution is -0.143. The summed E-state index contributed by atoms with van der Waals surface area (Å²) in [5.74, 6) is -2.71. The van der Waals surface area contributed by atoms with Crippen LogP contribution in [0.4, 0.5) is 9.59 Å².